The Bertz CT molecular complexity index is 472. The molecule has 8 heteroatoms. The quantitative estimate of drug-likeness (QED) is 0.383. The van der Waals surface area contributed by atoms with Crippen LogP contribution in [0.1, 0.15) is 20.3 Å². The molecule has 0 aliphatic carbocycles. The molecule has 1 aromatic rings. The van der Waals surface area contributed by atoms with E-state index in [2.05, 4.69) is 4.72 Å². The molecule has 2 N–H and O–H groups in total. The molecule has 1 aliphatic rings. The second kappa shape index (κ2) is 8.55. The first-order valence-corrected chi connectivity index (χ1v) is 7.88. The number of nitrogens with one attached hydrogen (secondary N) is 1. The van der Waals surface area contributed by atoms with Crippen LogP contribution in [0.4, 0.5) is 0 Å². The summed E-state index contributed by atoms with van der Waals surface area (Å²) in [6.45, 7) is 2.43. The zero-order chi connectivity index (χ0) is 12.9. The summed E-state index contributed by atoms with van der Waals surface area (Å²) in [4.78, 5) is 0.933. The van der Waals surface area contributed by atoms with Gasteiger partial charge in [-0.2, -0.15) is 8.42 Å². The molecule has 0 aromatic heterocycles. The Morgan fingerprint density at radius 2 is 2.11 bits per heavy atom. The van der Waals surface area contributed by atoms with Gasteiger partial charge in [0, 0.05) is 5.56 Å². The Labute approximate surface area is 134 Å². The van der Waals surface area contributed by atoms with Crippen molar-refractivity contribution < 1.29 is 48.5 Å². The molecule has 0 fully saturated rings. The zero-order valence-corrected chi connectivity index (χ0v) is 14.1. The maximum absolute atomic E-state index is 11.1. The molecule has 0 amide bonds. The van der Waals surface area contributed by atoms with Crippen LogP contribution in [0.25, 0.3) is 0 Å². The maximum Gasteiger partial charge on any atom is 1.00 e. The molecule has 1 atom stereocenters. The smallest absolute Gasteiger partial charge is 1.00 e. The minimum atomic E-state index is -3.67. The summed E-state index contributed by atoms with van der Waals surface area (Å²) in [6.07, 6.45) is 0.471. The Balaban J connectivity index is 0. The first kappa shape index (κ1) is 18.4. The van der Waals surface area contributed by atoms with Crippen LogP contribution >= 0.6 is 0 Å². The van der Waals surface area contributed by atoms with Crippen LogP contribution in [-0.4, -0.2) is 23.3 Å². The Hall–Kier alpha value is 0.400. The van der Waals surface area contributed by atoms with E-state index in [4.69, 9.17) is 4.55 Å². The van der Waals surface area contributed by atoms with E-state index >= 15 is 0 Å². The summed E-state index contributed by atoms with van der Waals surface area (Å²) >= 11 is -0.948. The fraction of sp³-hybridized carbons (Fsp3) is 0.400. The van der Waals surface area contributed by atoms with Crippen molar-refractivity contribution in [2.75, 3.05) is 5.75 Å². The summed E-state index contributed by atoms with van der Waals surface area (Å²) in [5.41, 5.74) is 1.15. The number of benzene rings is 1. The van der Waals surface area contributed by atoms with Crippen molar-refractivity contribution in [1.82, 2.24) is 4.72 Å². The molecule has 0 saturated heterocycles. The van der Waals surface area contributed by atoms with E-state index in [1.807, 2.05) is 24.3 Å². The molecule has 0 radical (unpaired) electrons. The molecule has 98 valence electrons. The molecule has 18 heavy (non-hydrogen) atoms. The topological polar surface area (TPSA) is 89.5 Å². The molecule has 2 rings (SSSR count). The first-order valence-electron chi connectivity index (χ1n) is 5.12. The molecule has 1 unspecified atom stereocenters. The Morgan fingerprint density at radius 1 is 1.50 bits per heavy atom. The van der Waals surface area contributed by atoms with Gasteiger partial charge in [-0.25, -0.2) is 0 Å². The minimum absolute atomic E-state index is 0. The van der Waals surface area contributed by atoms with Crippen molar-refractivity contribution in [2.24, 2.45) is 0 Å². The van der Waals surface area contributed by atoms with Gasteiger partial charge >= 0.3 is 29.6 Å². The van der Waals surface area contributed by atoms with Crippen LogP contribution in [0.2, 0.25) is 0 Å². The summed E-state index contributed by atoms with van der Waals surface area (Å²) in [5.74, 6) is -0.132. The van der Waals surface area contributed by atoms with Crippen molar-refractivity contribution in [3.63, 3.8) is 0 Å². The van der Waals surface area contributed by atoms with Crippen LogP contribution < -0.4 is 34.3 Å². The summed E-state index contributed by atoms with van der Waals surface area (Å²) in [5, 5.41) is 0. The summed E-state index contributed by atoms with van der Waals surface area (Å²) in [7, 11) is -3.67. The molecule has 5 nitrogen and oxygen atoms in total. The van der Waals surface area contributed by atoms with E-state index < -0.39 is 21.5 Å². The monoisotopic (exact) mass is 301 g/mol. The Morgan fingerprint density at radius 3 is 2.56 bits per heavy atom. The van der Waals surface area contributed by atoms with Gasteiger partial charge in [0.1, 0.15) is 0 Å². The van der Waals surface area contributed by atoms with Crippen LogP contribution in [0, 0.1) is 0 Å². The van der Waals surface area contributed by atoms with Crippen molar-refractivity contribution in [3.8, 4) is 0 Å². The molecular weight excluding hydrogens is 285 g/mol. The van der Waals surface area contributed by atoms with Crippen molar-refractivity contribution in [1.29, 1.82) is 0 Å². The summed E-state index contributed by atoms with van der Waals surface area (Å²) < 4.78 is 41.5. The van der Waals surface area contributed by atoms with Gasteiger partial charge in [0.05, 0.1) is 23.7 Å². The number of fused-ring (bicyclic) bond motifs is 1. The van der Waals surface area contributed by atoms with Crippen molar-refractivity contribution in [3.05, 3.63) is 29.8 Å². The molecule has 0 bridgehead atoms. The predicted molar refractivity (Wildman–Crippen MR) is 67.5 cm³/mol. The van der Waals surface area contributed by atoms with Gasteiger partial charge < -0.3 is 5.98 Å². The third kappa shape index (κ3) is 6.53. The normalized spacial score (nSPS) is 17.2. The molecular formula is C10H16NNaO4S2. The van der Waals surface area contributed by atoms with Crippen molar-refractivity contribution >= 4 is 21.5 Å². The molecule has 1 heterocycles. The van der Waals surface area contributed by atoms with E-state index in [9.17, 15) is 13.0 Å². The average Bonchev–Trinajstić information content (AvgIpc) is 2.61. The standard InChI is InChI=1S/C7H7NOS.C3H8O3S.Na.H/c9-10-7-4-2-1-3-6(7)5-8-10;1-2-3-7(4,5)6;;/h1-4,8H,5H2;2-3H2,1H3,(H,4,5,6);;/q;;+1;-1. The van der Waals surface area contributed by atoms with E-state index in [0.29, 0.717) is 6.42 Å². The van der Waals surface area contributed by atoms with Gasteiger partial charge in [0.15, 0.2) is 4.90 Å². The maximum atomic E-state index is 11.1. The number of hydrogen-bond donors (Lipinski definition) is 2. The second-order valence-corrected chi connectivity index (χ2v) is 6.32. The SMILES string of the molecule is CCCS(=O)(=O)O.[H-].[Na+].[O-][S+]1NCc2ccccc21. The molecule has 1 aromatic carbocycles. The van der Waals surface area contributed by atoms with Gasteiger partial charge in [0.2, 0.25) is 0 Å². The number of rotatable bonds is 2. The van der Waals surface area contributed by atoms with Gasteiger partial charge in [-0.1, -0.05) is 25.1 Å². The van der Waals surface area contributed by atoms with Gasteiger partial charge in [-0.15, -0.1) is 4.72 Å². The largest absolute Gasteiger partial charge is 1.00 e. The van der Waals surface area contributed by atoms with E-state index in [1.54, 1.807) is 6.92 Å². The second-order valence-electron chi connectivity index (χ2n) is 3.48. The first-order chi connectivity index (χ1) is 7.94. The van der Waals surface area contributed by atoms with E-state index in [0.717, 1.165) is 17.0 Å². The van der Waals surface area contributed by atoms with Gasteiger partial charge in [-0.3, -0.25) is 4.55 Å². The average molecular weight is 301 g/mol. The molecule has 0 spiro atoms. The van der Waals surface area contributed by atoms with Crippen LogP contribution in [0.3, 0.4) is 0 Å². The van der Waals surface area contributed by atoms with Crippen LogP contribution in [-0.2, 0) is 28.0 Å². The van der Waals surface area contributed by atoms with Crippen LogP contribution in [0.15, 0.2) is 29.2 Å². The number of hydrogen-bond acceptors (Lipinski definition) is 4. The fourth-order valence-corrected chi connectivity index (χ4v) is 2.85. The van der Waals surface area contributed by atoms with Gasteiger partial charge in [0.25, 0.3) is 10.1 Å². The van der Waals surface area contributed by atoms with Gasteiger partial charge in [-0.05, 0) is 12.5 Å². The zero-order valence-electron chi connectivity index (χ0n) is 11.4. The molecule has 1 aliphatic heterocycles. The predicted octanol–water partition coefficient (Wildman–Crippen LogP) is -1.79. The van der Waals surface area contributed by atoms with E-state index in [-0.39, 0.29) is 36.7 Å². The summed E-state index contributed by atoms with van der Waals surface area (Å²) in [6, 6.07) is 7.76. The Kier molecular flexibility index (Phi) is 8.74. The van der Waals surface area contributed by atoms with E-state index in [1.165, 1.54) is 0 Å². The van der Waals surface area contributed by atoms with Crippen LogP contribution in [0.5, 0.6) is 0 Å². The molecule has 0 saturated carbocycles. The minimum Gasteiger partial charge on any atom is -1.00 e. The third-order valence-corrected chi connectivity index (χ3v) is 4.16. The van der Waals surface area contributed by atoms with Crippen molar-refractivity contribution in [2.45, 2.75) is 24.8 Å². The fourth-order valence-electron chi connectivity index (χ4n) is 1.31. The third-order valence-electron chi connectivity index (χ3n) is 2.03.